The summed E-state index contributed by atoms with van der Waals surface area (Å²) in [6, 6.07) is 7.94. The molecular weight excluding hydrogens is 202 g/mol. The average molecular weight is 215 g/mol. The van der Waals surface area contributed by atoms with Crippen LogP contribution in [0.2, 0.25) is 0 Å². The first-order valence-electron chi connectivity index (χ1n) is 5.34. The lowest BCUT2D eigenvalue weighted by Gasteiger charge is -2.01. The van der Waals surface area contributed by atoms with E-state index in [0.29, 0.717) is 0 Å². The van der Waals surface area contributed by atoms with Gasteiger partial charge in [0.1, 0.15) is 5.84 Å². The van der Waals surface area contributed by atoms with Crippen molar-refractivity contribution in [2.24, 2.45) is 12.0 Å². The Morgan fingerprint density at radius 3 is 2.94 bits per heavy atom. The standard InChI is InChI=1S/C12H13N3O/c1-15-9-5-3-2-4-8(9)10(12(15)16)11-13-6-7-14-11/h2-5,16H,6-7H2,1H3,(H,13,14). The predicted molar refractivity (Wildman–Crippen MR) is 64.0 cm³/mol. The van der Waals surface area contributed by atoms with E-state index in [1.165, 1.54) is 0 Å². The van der Waals surface area contributed by atoms with Gasteiger partial charge in [0, 0.05) is 19.0 Å². The van der Waals surface area contributed by atoms with Gasteiger partial charge in [-0.25, -0.2) is 0 Å². The van der Waals surface area contributed by atoms with Crippen molar-refractivity contribution in [2.45, 2.75) is 0 Å². The van der Waals surface area contributed by atoms with Crippen LogP contribution in [0, 0.1) is 0 Å². The summed E-state index contributed by atoms with van der Waals surface area (Å²) in [6.07, 6.45) is 0. The number of para-hydroxylation sites is 1. The Morgan fingerprint density at radius 1 is 1.38 bits per heavy atom. The maximum atomic E-state index is 10.1. The molecule has 4 nitrogen and oxygen atoms in total. The van der Waals surface area contributed by atoms with Gasteiger partial charge in [0.15, 0.2) is 0 Å². The molecule has 1 aliphatic rings. The third-order valence-electron chi connectivity index (χ3n) is 2.99. The van der Waals surface area contributed by atoms with Crippen molar-refractivity contribution in [3.8, 4) is 5.88 Å². The third-order valence-corrected chi connectivity index (χ3v) is 2.99. The second kappa shape index (κ2) is 3.27. The van der Waals surface area contributed by atoms with Crippen LogP contribution in [0.1, 0.15) is 5.56 Å². The predicted octanol–water partition coefficient (Wildman–Crippen LogP) is 1.23. The number of benzene rings is 1. The lowest BCUT2D eigenvalue weighted by Crippen LogP contribution is -2.19. The quantitative estimate of drug-likeness (QED) is 0.751. The molecule has 0 fully saturated rings. The molecule has 2 N–H and O–H groups in total. The fraction of sp³-hybridized carbons (Fsp3) is 0.250. The van der Waals surface area contributed by atoms with Crippen molar-refractivity contribution in [1.29, 1.82) is 0 Å². The van der Waals surface area contributed by atoms with Crippen LogP contribution < -0.4 is 5.32 Å². The van der Waals surface area contributed by atoms with Crippen molar-refractivity contribution in [2.75, 3.05) is 13.1 Å². The minimum atomic E-state index is 0.273. The summed E-state index contributed by atoms with van der Waals surface area (Å²) in [7, 11) is 1.86. The molecule has 2 aromatic rings. The molecule has 82 valence electrons. The Balaban J connectivity index is 2.34. The van der Waals surface area contributed by atoms with Crippen LogP contribution in [-0.2, 0) is 7.05 Å². The molecule has 0 unspecified atom stereocenters. The number of hydrogen-bond donors (Lipinski definition) is 2. The van der Waals surface area contributed by atoms with E-state index in [0.717, 1.165) is 35.4 Å². The van der Waals surface area contributed by atoms with Gasteiger partial charge in [0.2, 0.25) is 5.88 Å². The number of hydrogen-bond acceptors (Lipinski definition) is 3. The van der Waals surface area contributed by atoms with Gasteiger partial charge in [-0.3, -0.25) is 4.99 Å². The zero-order chi connectivity index (χ0) is 11.1. The molecule has 16 heavy (non-hydrogen) atoms. The minimum absolute atomic E-state index is 0.273. The minimum Gasteiger partial charge on any atom is -0.494 e. The molecule has 2 heterocycles. The van der Waals surface area contributed by atoms with Crippen LogP contribution >= 0.6 is 0 Å². The van der Waals surface area contributed by atoms with Gasteiger partial charge in [-0.05, 0) is 6.07 Å². The van der Waals surface area contributed by atoms with Crippen LogP contribution in [0.5, 0.6) is 5.88 Å². The number of rotatable bonds is 1. The molecule has 3 rings (SSSR count). The van der Waals surface area contributed by atoms with Gasteiger partial charge in [0.05, 0.1) is 17.6 Å². The largest absolute Gasteiger partial charge is 0.494 e. The second-order valence-electron chi connectivity index (χ2n) is 3.93. The first kappa shape index (κ1) is 9.27. The number of nitrogens with one attached hydrogen (secondary N) is 1. The van der Waals surface area contributed by atoms with Crippen molar-refractivity contribution in [3.05, 3.63) is 29.8 Å². The van der Waals surface area contributed by atoms with E-state index in [2.05, 4.69) is 10.3 Å². The number of aliphatic imine (C=N–C) groups is 1. The highest BCUT2D eigenvalue weighted by Crippen LogP contribution is 2.30. The Hall–Kier alpha value is -1.97. The van der Waals surface area contributed by atoms with Crippen molar-refractivity contribution >= 4 is 16.7 Å². The third kappa shape index (κ3) is 1.13. The van der Waals surface area contributed by atoms with Crippen LogP contribution in [0.15, 0.2) is 29.3 Å². The molecule has 0 amide bonds. The second-order valence-corrected chi connectivity index (χ2v) is 3.93. The van der Waals surface area contributed by atoms with E-state index in [1.54, 1.807) is 4.57 Å². The molecule has 0 spiro atoms. The summed E-state index contributed by atoms with van der Waals surface area (Å²) in [6.45, 7) is 1.62. The summed E-state index contributed by atoms with van der Waals surface area (Å²) < 4.78 is 1.78. The van der Waals surface area contributed by atoms with Crippen molar-refractivity contribution in [1.82, 2.24) is 9.88 Å². The molecule has 1 aromatic heterocycles. The topological polar surface area (TPSA) is 49.5 Å². The number of fused-ring (bicyclic) bond motifs is 1. The highest BCUT2D eigenvalue weighted by molar-refractivity contribution is 6.12. The average Bonchev–Trinajstić information content (AvgIpc) is 2.89. The first-order valence-corrected chi connectivity index (χ1v) is 5.34. The summed E-state index contributed by atoms with van der Waals surface area (Å²) in [5.41, 5.74) is 1.84. The van der Waals surface area contributed by atoms with Crippen LogP contribution in [0.25, 0.3) is 10.9 Å². The Kier molecular flexibility index (Phi) is 1.89. The molecule has 1 aliphatic heterocycles. The molecule has 0 saturated heterocycles. The van der Waals surface area contributed by atoms with Gasteiger partial charge in [0.25, 0.3) is 0 Å². The molecule has 4 heteroatoms. The maximum Gasteiger partial charge on any atom is 0.203 e. The van der Waals surface area contributed by atoms with Gasteiger partial charge in [-0.2, -0.15) is 0 Å². The lowest BCUT2D eigenvalue weighted by atomic mass is 10.1. The number of nitrogens with zero attached hydrogens (tertiary/aromatic N) is 2. The van der Waals surface area contributed by atoms with Crippen molar-refractivity contribution in [3.63, 3.8) is 0 Å². The maximum absolute atomic E-state index is 10.1. The molecule has 1 aromatic carbocycles. The smallest absolute Gasteiger partial charge is 0.203 e. The van der Waals surface area contributed by atoms with E-state index in [4.69, 9.17) is 0 Å². The molecule has 0 saturated carbocycles. The zero-order valence-electron chi connectivity index (χ0n) is 9.07. The van der Waals surface area contributed by atoms with E-state index in [1.807, 2.05) is 31.3 Å². The van der Waals surface area contributed by atoms with Gasteiger partial charge < -0.3 is 15.0 Å². The van der Waals surface area contributed by atoms with E-state index in [9.17, 15) is 5.11 Å². The first-order chi connectivity index (χ1) is 7.79. The zero-order valence-corrected chi connectivity index (χ0v) is 9.07. The summed E-state index contributed by atoms with van der Waals surface area (Å²) >= 11 is 0. The van der Waals surface area contributed by atoms with Crippen LogP contribution in [-0.4, -0.2) is 28.6 Å². The van der Waals surface area contributed by atoms with Gasteiger partial charge in [-0.1, -0.05) is 18.2 Å². The Bertz CT molecular complexity index is 583. The fourth-order valence-electron chi connectivity index (χ4n) is 2.18. The van der Waals surface area contributed by atoms with Crippen LogP contribution in [0.3, 0.4) is 0 Å². The highest BCUT2D eigenvalue weighted by Gasteiger charge is 2.20. The lowest BCUT2D eigenvalue weighted by molar-refractivity contribution is 0.434. The fourth-order valence-corrected chi connectivity index (χ4v) is 2.18. The van der Waals surface area contributed by atoms with Gasteiger partial charge in [-0.15, -0.1) is 0 Å². The molecular formula is C12H13N3O. The number of aryl methyl sites for hydroxylation is 1. The molecule has 0 aliphatic carbocycles. The SMILES string of the molecule is Cn1c(O)c(C2=NCCN2)c2ccccc21. The summed E-state index contributed by atoms with van der Waals surface area (Å²) in [5.74, 6) is 1.07. The normalized spacial score (nSPS) is 15.2. The number of aromatic hydroxyl groups is 1. The van der Waals surface area contributed by atoms with Gasteiger partial charge >= 0.3 is 0 Å². The Morgan fingerprint density at radius 2 is 2.19 bits per heavy atom. The van der Waals surface area contributed by atoms with Crippen LogP contribution in [0.4, 0.5) is 0 Å². The Labute approximate surface area is 93.2 Å². The highest BCUT2D eigenvalue weighted by atomic mass is 16.3. The number of aromatic nitrogens is 1. The monoisotopic (exact) mass is 215 g/mol. The number of amidine groups is 1. The van der Waals surface area contributed by atoms with E-state index < -0.39 is 0 Å². The van der Waals surface area contributed by atoms with E-state index in [-0.39, 0.29) is 5.88 Å². The molecule has 0 radical (unpaired) electrons. The summed E-state index contributed by atoms with van der Waals surface area (Å²) in [5, 5.41) is 14.4. The van der Waals surface area contributed by atoms with E-state index >= 15 is 0 Å². The summed E-state index contributed by atoms with van der Waals surface area (Å²) in [4.78, 5) is 4.36. The van der Waals surface area contributed by atoms with Crippen molar-refractivity contribution < 1.29 is 5.11 Å². The molecule has 0 bridgehead atoms. The molecule has 0 atom stereocenters.